The van der Waals surface area contributed by atoms with Gasteiger partial charge in [-0.25, -0.2) is 4.98 Å². The van der Waals surface area contributed by atoms with Crippen LogP contribution in [0, 0.1) is 6.92 Å². The number of aryl methyl sites for hydroxylation is 1. The number of amides is 1. The van der Waals surface area contributed by atoms with Crippen LogP contribution in [0.25, 0.3) is 0 Å². The molecule has 2 N–H and O–H groups in total. The summed E-state index contributed by atoms with van der Waals surface area (Å²) in [7, 11) is 0. The normalized spacial score (nSPS) is 21.1. The number of H-pyrrole nitrogens is 1. The first-order valence-corrected chi connectivity index (χ1v) is 6.50. The van der Waals surface area contributed by atoms with E-state index in [9.17, 15) is 14.7 Å². The molecule has 2 fully saturated rings. The van der Waals surface area contributed by atoms with Crippen LogP contribution in [-0.2, 0) is 0 Å². The summed E-state index contributed by atoms with van der Waals surface area (Å²) < 4.78 is 0. The van der Waals surface area contributed by atoms with Crippen molar-refractivity contribution in [2.24, 2.45) is 0 Å². The Bertz CT molecular complexity index is 594. The Morgan fingerprint density at radius 1 is 1.47 bits per heavy atom. The number of nitrogens with zero attached hydrogens (tertiary/aromatic N) is 2. The zero-order valence-electron chi connectivity index (χ0n) is 11.1. The molecule has 2 heterocycles. The molecule has 3 rings (SSSR count). The lowest BCUT2D eigenvalue weighted by atomic mass is 9.96. The highest BCUT2D eigenvalue weighted by atomic mass is 16.3. The number of carbonyl (C=O) groups is 1. The van der Waals surface area contributed by atoms with Gasteiger partial charge in [-0.05, 0) is 26.7 Å². The maximum absolute atomic E-state index is 12.2. The summed E-state index contributed by atoms with van der Waals surface area (Å²) in [6, 6.07) is 0. The van der Waals surface area contributed by atoms with Gasteiger partial charge < -0.3 is 15.0 Å². The van der Waals surface area contributed by atoms with Crippen LogP contribution in [0.5, 0.6) is 0 Å². The van der Waals surface area contributed by atoms with Gasteiger partial charge in [-0.2, -0.15) is 0 Å². The van der Waals surface area contributed by atoms with Crippen molar-refractivity contribution in [3.8, 4) is 0 Å². The number of aromatic nitrogens is 2. The Balaban J connectivity index is 1.88. The minimum atomic E-state index is -0.836. The summed E-state index contributed by atoms with van der Waals surface area (Å²) in [6.45, 7) is 3.87. The van der Waals surface area contributed by atoms with Crippen molar-refractivity contribution in [2.75, 3.05) is 13.1 Å². The monoisotopic (exact) mass is 263 g/mol. The highest BCUT2D eigenvalue weighted by molar-refractivity contribution is 5.95. The maximum Gasteiger partial charge on any atom is 0.264 e. The van der Waals surface area contributed by atoms with E-state index in [0.717, 1.165) is 12.8 Å². The van der Waals surface area contributed by atoms with E-state index in [1.165, 1.54) is 4.90 Å². The minimum absolute atomic E-state index is 0.0971. The SMILES string of the molecule is Cc1nc(C2CC2)[nH]c(=O)c1C(=O)N1CC(C)(O)C1. The highest BCUT2D eigenvalue weighted by Gasteiger charge is 2.41. The molecule has 0 unspecified atom stereocenters. The molecular formula is C13H17N3O3. The third-order valence-electron chi connectivity index (χ3n) is 3.65. The molecule has 1 aliphatic heterocycles. The van der Waals surface area contributed by atoms with Gasteiger partial charge in [0.1, 0.15) is 11.4 Å². The number of carbonyl (C=O) groups excluding carboxylic acids is 1. The van der Waals surface area contributed by atoms with Crippen LogP contribution >= 0.6 is 0 Å². The molecule has 102 valence electrons. The molecule has 0 aromatic carbocycles. The smallest absolute Gasteiger partial charge is 0.264 e. The molecule has 1 aliphatic carbocycles. The van der Waals surface area contributed by atoms with Gasteiger partial charge in [0.15, 0.2) is 0 Å². The molecule has 0 radical (unpaired) electrons. The molecule has 0 atom stereocenters. The van der Waals surface area contributed by atoms with E-state index >= 15 is 0 Å². The highest BCUT2D eigenvalue weighted by Crippen LogP contribution is 2.37. The molecule has 0 bridgehead atoms. The molecule has 1 aromatic heterocycles. The first-order valence-electron chi connectivity index (χ1n) is 6.50. The van der Waals surface area contributed by atoms with Crippen molar-refractivity contribution >= 4 is 5.91 Å². The van der Waals surface area contributed by atoms with Crippen LogP contribution in [0.3, 0.4) is 0 Å². The van der Waals surface area contributed by atoms with Gasteiger partial charge in [-0.1, -0.05) is 0 Å². The number of hydrogen-bond acceptors (Lipinski definition) is 4. The fraction of sp³-hybridized carbons (Fsp3) is 0.615. The molecule has 1 aromatic rings. The number of hydrogen-bond donors (Lipinski definition) is 2. The lowest BCUT2D eigenvalue weighted by Crippen LogP contribution is -2.62. The van der Waals surface area contributed by atoms with Gasteiger partial charge in [0.05, 0.1) is 24.4 Å². The first kappa shape index (κ1) is 12.3. The van der Waals surface area contributed by atoms with E-state index in [0.29, 0.717) is 17.4 Å². The van der Waals surface area contributed by atoms with Crippen molar-refractivity contribution in [2.45, 2.75) is 38.2 Å². The lowest BCUT2D eigenvalue weighted by molar-refractivity contribution is -0.0669. The van der Waals surface area contributed by atoms with E-state index in [2.05, 4.69) is 9.97 Å². The molecule has 6 heteroatoms. The Morgan fingerprint density at radius 3 is 2.58 bits per heavy atom. The van der Waals surface area contributed by atoms with Gasteiger partial charge in [0.2, 0.25) is 0 Å². The molecule has 2 aliphatic rings. The number of rotatable bonds is 2. The second kappa shape index (κ2) is 3.90. The quantitative estimate of drug-likeness (QED) is 0.796. The predicted octanol–water partition coefficient (Wildman–Crippen LogP) is 0.163. The average Bonchev–Trinajstić information content (AvgIpc) is 3.07. The number of aliphatic hydroxyl groups is 1. The first-order chi connectivity index (χ1) is 8.87. The Morgan fingerprint density at radius 2 is 2.11 bits per heavy atom. The zero-order chi connectivity index (χ0) is 13.8. The van der Waals surface area contributed by atoms with Gasteiger partial charge in [0, 0.05) is 5.92 Å². The molecule has 6 nitrogen and oxygen atoms in total. The Kier molecular flexibility index (Phi) is 2.53. The maximum atomic E-state index is 12.2. The fourth-order valence-corrected chi connectivity index (χ4v) is 2.49. The topological polar surface area (TPSA) is 86.3 Å². The molecule has 0 spiro atoms. The van der Waals surface area contributed by atoms with E-state index in [1.54, 1.807) is 13.8 Å². The number of aromatic amines is 1. The fourth-order valence-electron chi connectivity index (χ4n) is 2.49. The van der Waals surface area contributed by atoms with Gasteiger partial charge in [-0.15, -0.1) is 0 Å². The third kappa shape index (κ3) is 2.16. The zero-order valence-corrected chi connectivity index (χ0v) is 11.1. The van der Waals surface area contributed by atoms with Crippen LogP contribution in [0.4, 0.5) is 0 Å². The number of nitrogens with one attached hydrogen (secondary N) is 1. The van der Waals surface area contributed by atoms with Crippen LogP contribution < -0.4 is 5.56 Å². The second-order valence-electron chi connectivity index (χ2n) is 5.84. The standard InChI is InChI=1S/C13H17N3O3/c1-7-9(12(18)16-5-13(2,19)6-16)11(17)15-10(14-7)8-3-4-8/h8,19H,3-6H2,1-2H3,(H,14,15,17). The summed E-state index contributed by atoms with van der Waals surface area (Å²) in [6.07, 6.45) is 2.09. The molecule has 1 saturated carbocycles. The molecular weight excluding hydrogens is 246 g/mol. The Hall–Kier alpha value is -1.69. The number of β-amino-alcohol motifs (C(OH)–C–C–N with tert-alkyl or cyclic N) is 1. The molecule has 19 heavy (non-hydrogen) atoms. The molecule has 1 amide bonds. The Labute approximate surface area is 110 Å². The largest absolute Gasteiger partial charge is 0.386 e. The van der Waals surface area contributed by atoms with Crippen molar-refractivity contribution in [1.29, 1.82) is 0 Å². The number of likely N-dealkylation sites (tertiary alicyclic amines) is 1. The summed E-state index contributed by atoms with van der Waals surface area (Å²) in [4.78, 5) is 32.7. The summed E-state index contributed by atoms with van der Waals surface area (Å²) in [5.41, 5.74) is -0.634. The van der Waals surface area contributed by atoms with E-state index in [4.69, 9.17) is 0 Å². The van der Waals surface area contributed by atoms with Gasteiger partial charge in [-0.3, -0.25) is 9.59 Å². The van der Waals surface area contributed by atoms with Crippen LogP contribution in [-0.4, -0.2) is 44.6 Å². The summed E-state index contributed by atoms with van der Waals surface area (Å²) >= 11 is 0. The second-order valence-corrected chi connectivity index (χ2v) is 5.84. The van der Waals surface area contributed by atoms with Crippen molar-refractivity contribution in [3.05, 3.63) is 27.4 Å². The lowest BCUT2D eigenvalue weighted by Gasteiger charge is -2.44. The average molecular weight is 263 g/mol. The van der Waals surface area contributed by atoms with Crippen molar-refractivity contribution in [3.63, 3.8) is 0 Å². The van der Waals surface area contributed by atoms with Crippen molar-refractivity contribution in [1.82, 2.24) is 14.9 Å². The van der Waals surface area contributed by atoms with E-state index in [-0.39, 0.29) is 30.1 Å². The predicted molar refractivity (Wildman–Crippen MR) is 68.1 cm³/mol. The summed E-state index contributed by atoms with van der Waals surface area (Å²) in [5.74, 6) is 0.690. The van der Waals surface area contributed by atoms with E-state index < -0.39 is 5.60 Å². The van der Waals surface area contributed by atoms with Crippen LogP contribution in [0.1, 0.15) is 47.6 Å². The minimum Gasteiger partial charge on any atom is -0.386 e. The van der Waals surface area contributed by atoms with Crippen LogP contribution in [0.2, 0.25) is 0 Å². The van der Waals surface area contributed by atoms with Gasteiger partial charge in [0.25, 0.3) is 11.5 Å². The molecule has 1 saturated heterocycles. The van der Waals surface area contributed by atoms with Crippen LogP contribution in [0.15, 0.2) is 4.79 Å². The third-order valence-corrected chi connectivity index (χ3v) is 3.65. The summed E-state index contributed by atoms with van der Waals surface area (Å²) in [5, 5.41) is 9.65. The van der Waals surface area contributed by atoms with Crippen molar-refractivity contribution < 1.29 is 9.90 Å². The van der Waals surface area contributed by atoms with E-state index in [1.807, 2.05) is 0 Å². The van der Waals surface area contributed by atoms with Gasteiger partial charge >= 0.3 is 0 Å².